The number of esters is 2. The van der Waals surface area contributed by atoms with Crippen LogP contribution < -0.4 is 14.2 Å². The number of hydrogen-bond acceptors (Lipinski definition) is 9. The minimum atomic E-state index is -4.39. The van der Waals surface area contributed by atoms with Gasteiger partial charge in [-0.2, -0.15) is 0 Å². The number of nitrogens with zero attached hydrogens (tertiary/aromatic N) is 1. The molecule has 15 heteroatoms. The molecule has 0 saturated carbocycles. The van der Waals surface area contributed by atoms with Crippen molar-refractivity contribution in [1.82, 2.24) is 4.90 Å². The molecule has 1 amide bonds. The molecule has 0 atom stereocenters. The second kappa shape index (κ2) is 13.6. The van der Waals surface area contributed by atoms with Gasteiger partial charge >= 0.3 is 11.9 Å². The number of amides is 1. The summed E-state index contributed by atoms with van der Waals surface area (Å²) in [5.74, 6) is -1.72. The summed E-state index contributed by atoms with van der Waals surface area (Å²) in [5.41, 5.74) is -0.333. The Balaban J connectivity index is 1.73. The number of sulfonamides is 1. The maximum absolute atomic E-state index is 13.2. The van der Waals surface area contributed by atoms with Crippen LogP contribution in [0.15, 0.2) is 29.2 Å². The molecule has 0 spiro atoms. The van der Waals surface area contributed by atoms with Crippen LogP contribution in [0.25, 0.3) is 0 Å². The lowest BCUT2D eigenvalue weighted by molar-refractivity contribution is -0.151. The lowest BCUT2D eigenvalue weighted by Gasteiger charge is -2.30. The molecule has 2 aromatic carbocycles. The Morgan fingerprint density at radius 1 is 0.925 bits per heavy atom. The predicted octanol–water partition coefficient (Wildman–Crippen LogP) is 4.42. The van der Waals surface area contributed by atoms with Gasteiger partial charge in [0.25, 0.3) is 15.9 Å². The summed E-state index contributed by atoms with van der Waals surface area (Å²) in [6.45, 7) is 2.00. The van der Waals surface area contributed by atoms with E-state index in [0.29, 0.717) is 25.9 Å². The Morgan fingerprint density at radius 3 is 2.17 bits per heavy atom. The molecule has 3 rings (SSSR count). The molecule has 1 fully saturated rings. The molecule has 0 aliphatic carbocycles. The largest absolute Gasteiger partial charge is 0.495 e. The van der Waals surface area contributed by atoms with Crippen LogP contribution in [0.5, 0.6) is 11.5 Å². The number of benzene rings is 2. The van der Waals surface area contributed by atoms with Gasteiger partial charge in [-0.1, -0.05) is 34.8 Å². The molecule has 2 aromatic rings. The highest BCUT2D eigenvalue weighted by atomic mass is 35.5. The lowest BCUT2D eigenvalue weighted by Crippen LogP contribution is -2.42. The molecule has 218 valence electrons. The normalized spacial score (nSPS) is 13.9. The van der Waals surface area contributed by atoms with Crippen molar-refractivity contribution in [2.24, 2.45) is 5.92 Å². The number of anilines is 1. The molecule has 1 aliphatic heterocycles. The Labute approximate surface area is 246 Å². The number of nitrogens with one attached hydrogen (secondary N) is 1. The maximum Gasteiger partial charge on any atom is 0.340 e. The monoisotopic (exact) mass is 636 g/mol. The zero-order chi connectivity index (χ0) is 29.6. The zero-order valence-electron chi connectivity index (χ0n) is 21.8. The van der Waals surface area contributed by atoms with Gasteiger partial charge in [0.05, 0.1) is 53.1 Å². The highest BCUT2D eigenvalue weighted by molar-refractivity contribution is 7.92. The predicted molar refractivity (Wildman–Crippen MR) is 148 cm³/mol. The molecule has 1 N–H and O–H groups in total. The van der Waals surface area contributed by atoms with Gasteiger partial charge in [-0.25, -0.2) is 13.2 Å². The second-order valence-electron chi connectivity index (χ2n) is 8.54. The fourth-order valence-corrected chi connectivity index (χ4v) is 6.11. The van der Waals surface area contributed by atoms with E-state index in [1.54, 1.807) is 6.92 Å². The van der Waals surface area contributed by atoms with Crippen LogP contribution in [0.1, 0.15) is 30.1 Å². The van der Waals surface area contributed by atoms with Gasteiger partial charge < -0.3 is 23.8 Å². The van der Waals surface area contributed by atoms with Crippen LogP contribution in [-0.4, -0.2) is 71.7 Å². The maximum atomic E-state index is 13.2. The minimum Gasteiger partial charge on any atom is -0.495 e. The van der Waals surface area contributed by atoms with E-state index in [4.69, 9.17) is 53.8 Å². The van der Waals surface area contributed by atoms with Crippen LogP contribution in [0, 0.1) is 5.92 Å². The Morgan fingerprint density at radius 2 is 1.57 bits per heavy atom. The number of piperidine rings is 1. The first-order valence-corrected chi connectivity index (χ1v) is 14.6. The lowest BCUT2D eigenvalue weighted by atomic mass is 9.97. The van der Waals surface area contributed by atoms with E-state index < -0.39 is 33.4 Å². The number of methoxy groups -OCH3 is 2. The van der Waals surface area contributed by atoms with Crippen molar-refractivity contribution in [1.29, 1.82) is 0 Å². The number of rotatable bonds is 10. The summed E-state index contributed by atoms with van der Waals surface area (Å²) >= 11 is 18.4. The third-order valence-corrected chi connectivity index (χ3v) is 8.48. The van der Waals surface area contributed by atoms with E-state index >= 15 is 0 Å². The van der Waals surface area contributed by atoms with Crippen LogP contribution >= 0.6 is 34.8 Å². The second-order valence-corrected chi connectivity index (χ2v) is 11.4. The van der Waals surface area contributed by atoms with E-state index in [1.807, 2.05) is 0 Å². The Bertz CT molecular complexity index is 1390. The van der Waals surface area contributed by atoms with E-state index in [1.165, 1.54) is 31.3 Å². The van der Waals surface area contributed by atoms with Gasteiger partial charge in [-0.3, -0.25) is 14.3 Å². The van der Waals surface area contributed by atoms with Crippen LogP contribution in [0.4, 0.5) is 5.69 Å². The fraction of sp³-hybridized carbons (Fsp3) is 0.400. The van der Waals surface area contributed by atoms with Crippen LogP contribution in [0.3, 0.4) is 0 Å². The number of halogens is 3. The molecule has 40 heavy (non-hydrogen) atoms. The quantitative estimate of drug-likeness (QED) is 0.375. The van der Waals surface area contributed by atoms with Gasteiger partial charge in [0.1, 0.15) is 16.4 Å². The SMILES string of the molecule is CCOC(=O)C1CCN(C(=O)COC(=O)c2cc(S(=O)(=O)Nc3cc(Cl)c(OC)cc3OC)c(Cl)cc2Cl)CC1. The third kappa shape index (κ3) is 7.42. The van der Waals surface area contributed by atoms with Gasteiger partial charge in [0, 0.05) is 19.2 Å². The molecule has 0 unspecified atom stereocenters. The molecular weight excluding hydrogens is 611 g/mol. The van der Waals surface area contributed by atoms with Crippen LogP contribution in [0.2, 0.25) is 15.1 Å². The van der Waals surface area contributed by atoms with E-state index in [0.717, 1.165) is 12.1 Å². The van der Waals surface area contributed by atoms with Crippen molar-refractivity contribution >= 4 is 68.4 Å². The number of carbonyl (C=O) groups excluding carboxylic acids is 3. The van der Waals surface area contributed by atoms with E-state index in [-0.39, 0.29) is 56.3 Å². The molecule has 0 radical (unpaired) electrons. The highest BCUT2D eigenvalue weighted by Crippen LogP contribution is 2.38. The molecule has 1 aliphatic rings. The molecular formula is C25H27Cl3N2O9S. The highest BCUT2D eigenvalue weighted by Gasteiger charge is 2.29. The number of ether oxygens (including phenoxy) is 4. The summed E-state index contributed by atoms with van der Waals surface area (Å²) in [4.78, 5) is 38.2. The summed E-state index contributed by atoms with van der Waals surface area (Å²) < 4.78 is 49.2. The smallest absolute Gasteiger partial charge is 0.340 e. The van der Waals surface area contributed by atoms with Crippen molar-refractivity contribution < 1.29 is 41.7 Å². The first-order valence-electron chi connectivity index (χ1n) is 12.0. The van der Waals surface area contributed by atoms with Crippen molar-refractivity contribution in [3.05, 3.63) is 44.9 Å². The topological polar surface area (TPSA) is 138 Å². The standard InChI is InChI=1S/C25H27Cl3N2O9S/c1-4-38-24(32)14-5-7-30(8-6-14)23(31)13-39-25(33)15-9-22(18(28)10-16(15)26)40(34,35)29-19-11-17(27)20(36-2)12-21(19)37-3/h9-12,14,29H,4-8,13H2,1-3H3. The van der Waals surface area contributed by atoms with Gasteiger partial charge in [-0.15, -0.1) is 0 Å². The number of carbonyl (C=O) groups is 3. The Kier molecular flexibility index (Phi) is 10.8. The molecule has 1 saturated heterocycles. The third-order valence-electron chi connectivity index (χ3n) is 6.04. The summed E-state index contributed by atoms with van der Waals surface area (Å²) in [6, 6.07) is 4.70. The average Bonchev–Trinajstić information content (AvgIpc) is 2.91. The molecule has 1 heterocycles. The first kappa shape index (κ1) is 31.6. The van der Waals surface area contributed by atoms with Crippen molar-refractivity contribution in [2.75, 3.05) is 45.2 Å². The first-order chi connectivity index (χ1) is 18.9. The van der Waals surface area contributed by atoms with E-state index in [9.17, 15) is 22.8 Å². The minimum absolute atomic E-state index is 0.0132. The van der Waals surface area contributed by atoms with Gasteiger partial charge in [0.15, 0.2) is 6.61 Å². The van der Waals surface area contributed by atoms with Crippen molar-refractivity contribution in [2.45, 2.75) is 24.7 Å². The Hall–Kier alpha value is -2.93. The average molecular weight is 638 g/mol. The summed E-state index contributed by atoms with van der Waals surface area (Å²) in [6.07, 6.45) is 0.861. The number of likely N-dealkylation sites (tertiary alicyclic amines) is 1. The van der Waals surface area contributed by atoms with Gasteiger partial charge in [-0.05, 0) is 38.0 Å². The van der Waals surface area contributed by atoms with Crippen molar-refractivity contribution in [3.63, 3.8) is 0 Å². The molecule has 0 bridgehead atoms. The summed E-state index contributed by atoms with van der Waals surface area (Å²) in [5, 5.41) is -0.336. The van der Waals surface area contributed by atoms with E-state index in [2.05, 4.69) is 4.72 Å². The zero-order valence-corrected chi connectivity index (χ0v) is 24.9. The number of hydrogen-bond donors (Lipinski definition) is 1. The summed E-state index contributed by atoms with van der Waals surface area (Å²) in [7, 11) is -1.68. The van der Waals surface area contributed by atoms with Crippen LogP contribution in [-0.2, 0) is 29.1 Å². The van der Waals surface area contributed by atoms with Crippen molar-refractivity contribution in [3.8, 4) is 11.5 Å². The molecule has 0 aromatic heterocycles. The van der Waals surface area contributed by atoms with Gasteiger partial charge in [0.2, 0.25) is 0 Å². The molecule has 11 nitrogen and oxygen atoms in total. The fourth-order valence-electron chi connectivity index (χ4n) is 3.95.